The fourth-order valence-corrected chi connectivity index (χ4v) is 4.59. The van der Waals surface area contributed by atoms with E-state index < -0.39 is 0 Å². The number of methoxy groups -OCH3 is 1. The lowest BCUT2D eigenvalue weighted by atomic mass is 9.79. The summed E-state index contributed by atoms with van der Waals surface area (Å²) in [6.45, 7) is 4.34. The molecule has 2 aliphatic rings. The second kappa shape index (κ2) is 9.58. The highest BCUT2D eigenvalue weighted by Crippen LogP contribution is 2.37. The van der Waals surface area contributed by atoms with E-state index in [0.717, 1.165) is 69.7 Å². The Balaban J connectivity index is 1.26. The van der Waals surface area contributed by atoms with Gasteiger partial charge >= 0.3 is 0 Å². The van der Waals surface area contributed by atoms with Crippen molar-refractivity contribution in [3.05, 3.63) is 59.8 Å². The second-order valence-corrected chi connectivity index (χ2v) is 8.41. The molecule has 1 atom stereocenters. The minimum atomic E-state index is -0.0430. The molecule has 1 aromatic heterocycles. The highest BCUT2D eigenvalue weighted by atomic mass is 16.5. The van der Waals surface area contributed by atoms with Crippen LogP contribution in [-0.4, -0.2) is 54.7 Å². The molecule has 0 radical (unpaired) electrons. The van der Waals surface area contributed by atoms with Crippen molar-refractivity contribution in [2.24, 2.45) is 5.92 Å². The van der Waals surface area contributed by atoms with E-state index in [-0.39, 0.29) is 11.5 Å². The number of likely N-dealkylation sites (tertiary alicyclic amines) is 1. The van der Waals surface area contributed by atoms with Gasteiger partial charge in [0.1, 0.15) is 0 Å². The summed E-state index contributed by atoms with van der Waals surface area (Å²) in [4.78, 5) is 19.3. The van der Waals surface area contributed by atoms with Gasteiger partial charge in [-0.2, -0.15) is 0 Å². The number of rotatable bonds is 6. The van der Waals surface area contributed by atoms with Gasteiger partial charge in [-0.25, -0.2) is 4.98 Å². The van der Waals surface area contributed by atoms with Crippen molar-refractivity contribution in [3.8, 4) is 5.88 Å². The van der Waals surface area contributed by atoms with Crippen molar-refractivity contribution < 1.29 is 14.3 Å². The number of nitrogens with one attached hydrogen (secondary N) is 1. The van der Waals surface area contributed by atoms with Crippen LogP contribution in [0, 0.1) is 5.92 Å². The molecular formula is C24H31N3O3. The first-order valence-corrected chi connectivity index (χ1v) is 10.9. The smallest absolute Gasteiger partial charge is 0.251 e. The Hall–Kier alpha value is -2.44. The summed E-state index contributed by atoms with van der Waals surface area (Å²) in [5, 5.41) is 3.12. The standard InChI is InChI=1S/C24H31N3O3/c1-29-22-9-5-8-21(26-22)18-27-13-11-24(12-14-27)16-19(10-15-30-24)17-25-23(28)20-6-3-2-4-7-20/h2-9,19H,10-18H2,1H3,(H,25,28). The van der Waals surface area contributed by atoms with Crippen LogP contribution in [0.4, 0.5) is 0 Å². The molecule has 1 aromatic carbocycles. The van der Waals surface area contributed by atoms with Crippen LogP contribution < -0.4 is 10.1 Å². The van der Waals surface area contributed by atoms with Gasteiger partial charge in [0.15, 0.2) is 0 Å². The summed E-state index contributed by atoms with van der Waals surface area (Å²) in [5.74, 6) is 1.15. The molecule has 0 aliphatic carbocycles. The zero-order valence-corrected chi connectivity index (χ0v) is 17.7. The minimum Gasteiger partial charge on any atom is -0.481 e. The van der Waals surface area contributed by atoms with E-state index in [2.05, 4.69) is 21.3 Å². The van der Waals surface area contributed by atoms with Gasteiger partial charge in [-0.15, -0.1) is 0 Å². The molecular weight excluding hydrogens is 378 g/mol. The molecule has 2 saturated heterocycles. The highest BCUT2D eigenvalue weighted by molar-refractivity contribution is 5.94. The Morgan fingerprint density at radius 2 is 2.00 bits per heavy atom. The van der Waals surface area contributed by atoms with Gasteiger partial charge in [0.05, 0.1) is 18.4 Å². The molecule has 30 heavy (non-hydrogen) atoms. The summed E-state index contributed by atoms with van der Waals surface area (Å²) >= 11 is 0. The largest absolute Gasteiger partial charge is 0.481 e. The molecule has 2 aromatic rings. The average Bonchev–Trinajstić information content (AvgIpc) is 2.80. The Labute approximate surface area is 178 Å². The second-order valence-electron chi connectivity index (χ2n) is 8.41. The minimum absolute atomic E-state index is 0.0109. The first kappa shape index (κ1) is 20.8. The molecule has 3 heterocycles. The maximum absolute atomic E-state index is 12.4. The van der Waals surface area contributed by atoms with Gasteiger partial charge in [0.25, 0.3) is 5.91 Å². The number of ether oxygens (including phenoxy) is 2. The quantitative estimate of drug-likeness (QED) is 0.793. The van der Waals surface area contributed by atoms with Crippen molar-refractivity contribution in [1.29, 1.82) is 0 Å². The van der Waals surface area contributed by atoms with E-state index in [0.29, 0.717) is 11.8 Å². The van der Waals surface area contributed by atoms with Gasteiger partial charge in [-0.05, 0) is 49.8 Å². The predicted molar refractivity (Wildman–Crippen MR) is 115 cm³/mol. The maximum Gasteiger partial charge on any atom is 0.251 e. The molecule has 0 bridgehead atoms. The Morgan fingerprint density at radius 1 is 1.20 bits per heavy atom. The number of pyridine rings is 1. The van der Waals surface area contributed by atoms with E-state index in [1.165, 1.54) is 0 Å². The lowest BCUT2D eigenvalue weighted by Gasteiger charge is -2.46. The van der Waals surface area contributed by atoms with Crippen LogP contribution in [0.25, 0.3) is 0 Å². The van der Waals surface area contributed by atoms with Crippen LogP contribution in [0.2, 0.25) is 0 Å². The average molecular weight is 410 g/mol. The number of carbonyl (C=O) groups is 1. The molecule has 2 fully saturated rings. The van der Waals surface area contributed by atoms with E-state index in [9.17, 15) is 4.79 Å². The molecule has 0 saturated carbocycles. The number of aromatic nitrogens is 1. The van der Waals surface area contributed by atoms with Crippen molar-refractivity contribution >= 4 is 5.91 Å². The number of hydrogen-bond donors (Lipinski definition) is 1. The van der Waals surface area contributed by atoms with Gasteiger partial charge in [-0.1, -0.05) is 24.3 Å². The number of benzene rings is 1. The predicted octanol–water partition coefficient (Wildman–Crippen LogP) is 3.28. The van der Waals surface area contributed by atoms with E-state index in [1.807, 2.05) is 42.5 Å². The monoisotopic (exact) mass is 409 g/mol. The number of nitrogens with zero attached hydrogens (tertiary/aromatic N) is 2. The third-order valence-electron chi connectivity index (χ3n) is 6.33. The van der Waals surface area contributed by atoms with Crippen LogP contribution in [0.15, 0.2) is 48.5 Å². The fourth-order valence-electron chi connectivity index (χ4n) is 4.59. The van der Waals surface area contributed by atoms with E-state index >= 15 is 0 Å². The summed E-state index contributed by atoms with van der Waals surface area (Å²) in [7, 11) is 1.65. The molecule has 1 spiro atoms. The number of amides is 1. The first-order chi connectivity index (χ1) is 14.7. The fraction of sp³-hybridized carbons (Fsp3) is 0.500. The zero-order chi connectivity index (χ0) is 20.8. The van der Waals surface area contributed by atoms with Crippen molar-refractivity contribution in [3.63, 3.8) is 0 Å². The zero-order valence-electron chi connectivity index (χ0n) is 17.7. The first-order valence-electron chi connectivity index (χ1n) is 10.9. The third-order valence-corrected chi connectivity index (χ3v) is 6.33. The van der Waals surface area contributed by atoms with Crippen LogP contribution >= 0.6 is 0 Å². The van der Waals surface area contributed by atoms with Crippen molar-refractivity contribution in [1.82, 2.24) is 15.2 Å². The molecule has 6 heteroatoms. The molecule has 1 amide bonds. The summed E-state index contributed by atoms with van der Waals surface area (Å²) in [6.07, 6.45) is 4.09. The lowest BCUT2D eigenvalue weighted by molar-refractivity contribution is -0.127. The molecule has 4 rings (SSSR count). The summed E-state index contributed by atoms with van der Waals surface area (Å²) in [5.41, 5.74) is 1.72. The van der Waals surface area contributed by atoms with Crippen LogP contribution in [0.5, 0.6) is 5.88 Å². The van der Waals surface area contributed by atoms with Crippen LogP contribution in [0.3, 0.4) is 0 Å². The van der Waals surface area contributed by atoms with Gasteiger partial charge in [0.2, 0.25) is 5.88 Å². The van der Waals surface area contributed by atoms with Crippen molar-refractivity contribution in [2.45, 2.75) is 37.8 Å². The van der Waals surface area contributed by atoms with E-state index in [1.54, 1.807) is 7.11 Å². The van der Waals surface area contributed by atoms with Crippen LogP contribution in [-0.2, 0) is 11.3 Å². The maximum atomic E-state index is 12.4. The summed E-state index contributed by atoms with van der Waals surface area (Å²) < 4.78 is 11.5. The summed E-state index contributed by atoms with van der Waals surface area (Å²) in [6, 6.07) is 15.3. The molecule has 6 nitrogen and oxygen atoms in total. The normalized spacial score (nSPS) is 21.3. The molecule has 1 N–H and O–H groups in total. The van der Waals surface area contributed by atoms with Gasteiger partial charge in [0, 0.05) is 44.4 Å². The number of piperidine rings is 1. The third kappa shape index (κ3) is 5.18. The molecule has 2 aliphatic heterocycles. The number of hydrogen-bond acceptors (Lipinski definition) is 5. The molecule has 1 unspecified atom stereocenters. The molecule has 160 valence electrons. The van der Waals surface area contributed by atoms with Crippen LogP contribution in [0.1, 0.15) is 41.7 Å². The number of carbonyl (C=O) groups excluding carboxylic acids is 1. The topological polar surface area (TPSA) is 63.7 Å². The van der Waals surface area contributed by atoms with Gasteiger partial charge in [-0.3, -0.25) is 9.69 Å². The highest BCUT2D eigenvalue weighted by Gasteiger charge is 2.40. The SMILES string of the molecule is COc1cccc(CN2CCC3(CC2)CC(CNC(=O)c2ccccc2)CCO3)n1. The van der Waals surface area contributed by atoms with Crippen molar-refractivity contribution in [2.75, 3.05) is 33.4 Å². The lowest BCUT2D eigenvalue weighted by Crippen LogP contribution is -2.50. The Kier molecular flexibility index (Phi) is 6.65. The Bertz CT molecular complexity index is 835. The van der Waals surface area contributed by atoms with Gasteiger partial charge < -0.3 is 14.8 Å². The van der Waals surface area contributed by atoms with E-state index in [4.69, 9.17) is 9.47 Å². The Morgan fingerprint density at radius 3 is 2.77 bits per heavy atom.